The maximum absolute atomic E-state index is 11.5. The predicted octanol–water partition coefficient (Wildman–Crippen LogP) is 6.36. The largest absolute Gasteiger partial charge is 0.496 e. The van der Waals surface area contributed by atoms with Gasteiger partial charge in [0.2, 0.25) is 0 Å². The Labute approximate surface area is 142 Å². The molecule has 0 aliphatic carbocycles. The molecule has 0 aliphatic heterocycles. The van der Waals surface area contributed by atoms with Crippen LogP contribution in [-0.2, 0) is 6.42 Å². The van der Waals surface area contributed by atoms with Gasteiger partial charge in [-0.1, -0.05) is 64.7 Å². The Kier molecular flexibility index (Phi) is 10.4. The van der Waals surface area contributed by atoms with Gasteiger partial charge in [0.15, 0.2) is 5.78 Å². The second-order valence-electron chi connectivity index (χ2n) is 6.51. The number of rotatable bonds is 13. The van der Waals surface area contributed by atoms with Crippen molar-refractivity contribution in [3.8, 4) is 5.75 Å². The predicted molar refractivity (Wildman–Crippen MR) is 98.5 cm³/mol. The fourth-order valence-corrected chi connectivity index (χ4v) is 3.00. The average Bonchev–Trinajstić information content (AvgIpc) is 2.56. The monoisotopic (exact) mass is 318 g/mol. The molecule has 0 saturated heterocycles. The third-order valence-corrected chi connectivity index (χ3v) is 4.49. The van der Waals surface area contributed by atoms with Crippen molar-refractivity contribution in [3.05, 3.63) is 29.3 Å². The standard InChI is InChI=1S/C21H34O2/c1-4-5-6-7-8-9-10-11-12-13-14-20-17-19(18(2)22)15-16-21(20)23-3/h15-17H,4-14H2,1-3H3. The molecule has 130 valence electrons. The number of carbonyl (C=O) groups excluding carboxylic acids is 1. The highest BCUT2D eigenvalue weighted by Gasteiger charge is 2.07. The first-order valence-electron chi connectivity index (χ1n) is 9.37. The molecule has 23 heavy (non-hydrogen) atoms. The second kappa shape index (κ2) is 12.2. The van der Waals surface area contributed by atoms with Crippen molar-refractivity contribution < 1.29 is 9.53 Å². The molecular weight excluding hydrogens is 284 g/mol. The van der Waals surface area contributed by atoms with E-state index in [1.54, 1.807) is 14.0 Å². The lowest BCUT2D eigenvalue weighted by atomic mass is 10.0. The van der Waals surface area contributed by atoms with E-state index in [0.717, 1.165) is 17.7 Å². The van der Waals surface area contributed by atoms with Crippen molar-refractivity contribution in [2.24, 2.45) is 0 Å². The summed E-state index contributed by atoms with van der Waals surface area (Å²) in [5.74, 6) is 1.03. The number of Topliss-reactive ketones (excluding diaryl/α,β-unsaturated/α-hetero) is 1. The number of benzene rings is 1. The van der Waals surface area contributed by atoms with E-state index < -0.39 is 0 Å². The number of hydrogen-bond donors (Lipinski definition) is 0. The van der Waals surface area contributed by atoms with E-state index in [9.17, 15) is 4.79 Å². The molecule has 2 nitrogen and oxygen atoms in total. The van der Waals surface area contributed by atoms with Crippen LogP contribution in [-0.4, -0.2) is 12.9 Å². The van der Waals surface area contributed by atoms with E-state index in [-0.39, 0.29) is 5.78 Å². The number of unbranched alkanes of at least 4 members (excludes halogenated alkanes) is 9. The first kappa shape index (κ1) is 19.7. The minimum atomic E-state index is 0.122. The first-order valence-corrected chi connectivity index (χ1v) is 9.37. The summed E-state index contributed by atoms with van der Waals surface area (Å²) in [5.41, 5.74) is 1.95. The molecule has 2 heteroatoms. The molecule has 0 bridgehead atoms. The van der Waals surface area contributed by atoms with Gasteiger partial charge in [-0.2, -0.15) is 0 Å². The maximum Gasteiger partial charge on any atom is 0.159 e. The molecule has 0 atom stereocenters. The maximum atomic E-state index is 11.5. The Morgan fingerprint density at radius 1 is 0.913 bits per heavy atom. The van der Waals surface area contributed by atoms with E-state index in [2.05, 4.69) is 6.92 Å². The summed E-state index contributed by atoms with van der Waals surface area (Å²) in [6.45, 7) is 3.88. The minimum absolute atomic E-state index is 0.122. The Bertz CT molecular complexity index is 451. The van der Waals surface area contributed by atoms with Crippen LogP contribution in [0.3, 0.4) is 0 Å². The summed E-state index contributed by atoms with van der Waals surface area (Å²) in [5, 5.41) is 0. The quantitative estimate of drug-likeness (QED) is 0.312. The smallest absolute Gasteiger partial charge is 0.159 e. The molecule has 0 aromatic heterocycles. The SMILES string of the molecule is CCCCCCCCCCCCc1cc(C(C)=O)ccc1OC. The molecule has 0 saturated carbocycles. The lowest BCUT2D eigenvalue weighted by Crippen LogP contribution is -1.98. The van der Waals surface area contributed by atoms with Crippen LogP contribution < -0.4 is 4.74 Å². The van der Waals surface area contributed by atoms with Crippen molar-refractivity contribution in [1.29, 1.82) is 0 Å². The fraction of sp³-hybridized carbons (Fsp3) is 0.667. The number of ketones is 1. The number of methoxy groups -OCH3 is 1. The molecule has 0 spiro atoms. The van der Waals surface area contributed by atoms with E-state index in [0.29, 0.717) is 0 Å². The molecule has 0 N–H and O–H groups in total. The average molecular weight is 319 g/mol. The van der Waals surface area contributed by atoms with E-state index >= 15 is 0 Å². The zero-order chi connectivity index (χ0) is 16.9. The van der Waals surface area contributed by atoms with Gasteiger partial charge in [-0.25, -0.2) is 0 Å². The van der Waals surface area contributed by atoms with Crippen molar-refractivity contribution in [1.82, 2.24) is 0 Å². The van der Waals surface area contributed by atoms with Crippen LogP contribution >= 0.6 is 0 Å². The van der Waals surface area contributed by atoms with Gasteiger partial charge < -0.3 is 4.74 Å². The molecule has 0 fully saturated rings. The summed E-state index contributed by atoms with van der Waals surface area (Å²) >= 11 is 0. The third-order valence-electron chi connectivity index (χ3n) is 4.49. The van der Waals surface area contributed by atoms with Crippen LogP contribution in [0, 0.1) is 0 Å². The highest BCUT2D eigenvalue weighted by molar-refractivity contribution is 5.94. The van der Waals surface area contributed by atoms with E-state index in [1.165, 1.54) is 69.8 Å². The highest BCUT2D eigenvalue weighted by Crippen LogP contribution is 2.23. The van der Waals surface area contributed by atoms with E-state index in [4.69, 9.17) is 4.74 Å². The molecule has 1 rings (SSSR count). The lowest BCUT2D eigenvalue weighted by Gasteiger charge is -2.10. The third kappa shape index (κ3) is 8.20. The lowest BCUT2D eigenvalue weighted by molar-refractivity contribution is 0.101. The molecule has 1 aromatic carbocycles. The Balaban J connectivity index is 2.20. The number of ether oxygens (including phenoxy) is 1. The van der Waals surface area contributed by atoms with Crippen molar-refractivity contribution in [3.63, 3.8) is 0 Å². The summed E-state index contributed by atoms with van der Waals surface area (Å²) in [6, 6.07) is 5.76. The number of carbonyl (C=O) groups is 1. The van der Waals surface area contributed by atoms with Crippen LogP contribution in [0.5, 0.6) is 5.75 Å². The summed E-state index contributed by atoms with van der Waals surface area (Å²) in [4.78, 5) is 11.5. The number of aryl methyl sites for hydroxylation is 1. The topological polar surface area (TPSA) is 26.3 Å². The van der Waals surface area contributed by atoms with Crippen LogP contribution in [0.1, 0.15) is 94.0 Å². The number of hydrogen-bond acceptors (Lipinski definition) is 2. The molecule has 0 heterocycles. The molecule has 0 unspecified atom stereocenters. The van der Waals surface area contributed by atoms with Crippen molar-refractivity contribution >= 4 is 5.78 Å². The van der Waals surface area contributed by atoms with Gasteiger partial charge >= 0.3 is 0 Å². The highest BCUT2D eigenvalue weighted by atomic mass is 16.5. The first-order chi connectivity index (χ1) is 11.2. The normalized spacial score (nSPS) is 10.7. The van der Waals surface area contributed by atoms with Crippen LogP contribution in [0.25, 0.3) is 0 Å². The Morgan fingerprint density at radius 2 is 1.48 bits per heavy atom. The van der Waals surface area contributed by atoms with Crippen LogP contribution in [0.15, 0.2) is 18.2 Å². The summed E-state index contributed by atoms with van der Waals surface area (Å²) < 4.78 is 5.41. The second-order valence-corrected chi connectivity index (χ2v) is 6.51. The van der Waals surface area contributed by atoms with Gasteiger partial charge in [-0.3, -0.25) is 4.79 Å². The van der Waals surface area contributed by atoms with Gasteiger partial charge in [0.05, 0.1) is 7.11 Å². The van der Waals surface area contributed by atoms with Gasteiger partial charge in [0.1, 0.15) is 5.75 Å². The zero-order valence-corrected chi connectivity index (χ0v) is 15.3. The molecule has 0 radical (unpaired) electrons. The van der Waals surface area contributed by atoms with Gasteiger partial charge in [0, 0.05) is 5.56 Å². The summed E-state index contributed by atoms with van der Waals surface area (Å²) in [7, 11) is 1.70. The fourth-order valence-electron chi connectivity index (χ4n) is 3.00. The molecular formula is C21H34O2. The molecule has 0 aliphatic rings. The Hall–Kier alpha value is -1.31. The van der Waals surface area contributed by atoms with Crippen molar-refractivity contribution in [2.75, 3.05) is 7.11 Å². The van der Waals surface area contributed by atoms with Crippen LogP contribution in [0.2, 0.25) is 0 Å². The Morgan fingerprint density at radius 3 is 2.00 bits per heavy atom. The molecule has 0 amide bonds. The van der Waals surface area contributed by atoms with Crippen molar-refractivity contribution in [2.45, 2.75) is 84.5 Å². The molecule has 1 aromatic rings. The van der Waals surface area contributed by atoms with Gasteiger partial charge in [-0.05, 0) is 43.5 Å². The van der Waals surface area contributed by atoms with E-state index in [1.807, 2.05) is 18.2 Å². The van der Waals surface area contributed by atoms with Gasteiger partial charge in [0.25, 0.3) is 0 Å². The van der Waals surface area contributed by atoms with Crippen LogP contribution in [0.4, 0.5) is 0 Å². The van der Waals surface area contributed by atoms with Gasteiger partial charge in [-0.15, -0.1) is 0 Å². The minimum Gasteiger partial charge on any atom is -0.496 e. The summed E-state index contributed by atoms with van der Waals surface area (Å²) in [6.07, 6.45) is 14.4. The zero-order valence-electron chi connectivity index (χ0n) is 15.3.